The van der Waals surface area contributed by atoms with Crippen LogP contribution in [0, 0.1) is 3.57 Å². The van der Waals surface area contributed by atoms with E-state index in [1.165, 1.54) is 13.3 Å². The van der Waals surface area contributed by atoms with Crippen LogP contribution in [0.1, 0.15) is 24.2 Å². The van der Waals surface area contributed by atoms with Crippen molar-refractivity contribution in [2.45, 2.75) is 20.0 Å². The average molecular weight is 398 g/mol. The van der Waals surface area contributed by atoms with Gasteiger partial charge in [0.2, 0.25) is 0 Å². The lowest BCUT2D eigenvalue weighted by molar-refractivity contribution is 0.0600. The summed E-state index contributed by atoms with van der Waals surface area (Å²) >= 11 is 2.20. The van der Waals surface area contributed by atoms with Gasteiger partial charge in [0.25, 0.3) is 0 Å². The number of carbonyl (C=O) groups excluding carboxylic acids is 1. The molecule has 21 heavy (non-hydrogen) atoms. The Morgan fingerprint density at radius 3 is 2.62 bits per heavy atom. The first-order valence-electron chi connectivity index (χ1n) is 6.40. The third-order valence-corrected chi connectivity index (χ3v) is 3.58. The highest BCUT2D eigenvalue weighted by Crippen LogP contribution is 2.28. The molecule has 0 saturated carbocycles. The molecule has 1 aromatic carbocycles. The molecule has 0 aliphatic heterocycles. The van der Waals surface area contributed by atoms with Gasteiger partial charge in [-0.1, -0.05) is 18.2 Å². The normalized spacial score (nSPS) is 10.5. The molecule has 1 heterocycles. The van der Waals surface area contributed by atoms with E-state index in [0.717, 1.165) is 9.13 Å². The number of methoxy groups -OCH3 is 1. The van der Waals surface area contributed by atoms with Gasteiger partial charge in [0.1, 0.15) is 5.56 Å². The van der Waals surface area contributed by atoms with Gasteiger partial charge in [0.05, 0.1) is 18.9 Å². The molecule has 6 heteroatoms. The van der Waals surface area contributed by atoms with Gasteiger partial charge in [0, 0.05) is 15.3 Å². The molecule has 2 rings (SSSR count). The summed E-state index contributed by atoms with van der Waals surface area (Å²) in [7, 11) is 1.33. The summed E-state index contributed by atoms with van der Waals surface area (Å²) in [6.45, 7) is 3.78. The second-order valence-corrected chi connectivity index (χ2v) is 5.72. The van der Waals surface area contributed by atoms with Crippen molar-refractivity contribution in [2.24, 2.45) is 0 Å². The van der Waals surface area contributed by atoms with Gasteiger partial charge < -0.3 is 9.47 Å². The second kappa shape index (κ2) is 6.84. The fourth-order valence-electron chi connectivity index (χ4n) is 1.75. The topological polar surface area (TPSA) is 61.3 Å². The Morgan fingerprint density at radius 1 is 1.29 bits per heavy atom. The van der Waals surface area contributed by atoms with Crippen molar-refractivity contribution in [3.8, 4) is 17.3 Å². The van der Waals surface area contributed by atoms with Crippen LogP contribution in [0.3, 0.4) is 0 Å². The van der Waals surface area contributed by atoms with E-state index in [1.54, 1.807) is 0 Å². The first-order chi connectivity index (χ1) is 10.0. The summed E-state index contributed by atoms with van der Waals surface area (Å²) in [6.07, 6.45) is 1.39. The minimum absolute atomic E-state index is 0.0447. The van der Waals surface area contributed by atoms with Crippen LogP contribution >= 0.6 is 22.6 Å². The molecule has 0 aliphatic rings. The van der Waals surface area contributed by atoms with E-state index >= 15 is 0 Å². The molecule has 0 amide bonds. The third kappa shape index (κ3) is 3.69. The zero-order chi connectivity index (χ0) is 15.4. The number of halogens is 1. The number of aromatic nitrogens is 2. The summed E-state index contributed by atoms with van der Waals surface area (Å²) < 4.78 is 11.3. The number of benzene rings is 1. The summed E-state index contributed by atoms with van der Waals surface area (Å²) in [5.74, 6) is -0.472. The lowest BCUT2D eigenvalue weighted by atomic mass is 10.1. The van der Waals surface area contributed by atoms with Crippen LogP contribution < -0.4 is 4.74 Å². The molecule has 0 saturated heterocycles. The number of carbonyl (C=O) groups is 1. The molecule has 0 unspecified atom stereocenters. The maximum absolute atomic E-state index is 11.9. The van der Waals surface area contributed by atoms with Crippen LogP contribution in [0.2, 0.25) is 0 Å². The molecular weight excluding hydrogens is 383 g/mol. The van der Waals surface area contributed by atoms with Gasteiger partial charge in [-0.25, -0.2) is 9.78 Å². The van der Waals surface area contributed by atoms with E-state index < -0.39 is 5.97 Å². The fraction of sp³-hybridized carbons (Fsp3) is 0.267. The maximum atomic E-state index is 11.9. The molecule has 5 nitrogen and oxygen atoms in total. The molecule has 0 atom stereocenters. The zero-order valence-corrected chi connectivity index (χ0v) is 14.1. The Morgan fingerprint density at radius 2 is 2.00 bits per heavy atom. The highest BCUT2D eigenvalue weighted by Gasteiger charge is 2.19. The largest absolute Gasteiger partial charge is 0.465 e. The maximum Gasteiger partial charge on any atom is 0.341 e. The first kappa shape index (κ1) is 15.7. The summed E-state index contributed by atoms with van der Waals surface area (Å²) in [5, 5.41) is 0. The first-order valence-corrected chi connectivity index (χ1v) is 7.47. The summed E-state index contributed by atoms with van der Waals surface area (Å²) in [4.78, 5) is 20.3. The molecular formula is C15H15IN2O3. The predicted molar refractivity (Wildman–Crippen MR) is 87.3 cm³/mol. The van der Waals surface area contributed by atoms with E-state index in [9.17, 15) is 4.79 Å². The van der Waals surface area contributed by atoms with Crippen molar-refractivity contribution in [3.05, 3.63) is 39.6 Å². The van der Waals surface area contributed by atoms with E-state index in [4.69, 9.17) is 9.47 Å². The predicted octanol–water partition coefficient (Wildman–Crippen LogP) is 3.32. The number of hydrogen-bond donors (Lipinski definition) is 0. The summed E-state index contributed by atoms with van der Waals surface area (Å²) in [6, 6.07) is 7.91. The lowest BCUT2D eigenvalue weighted by Crippen LogP contribution is -2.12. The average Bonchev–Trinajstić information content (AvgIpc) is 2.46. The molecule has 0 N–H and O–H groups in total. The van der Waals surface area contributed by atoms with Gasteiger partial charge in [-0.2, -0.15) is 4.98 Å². The van der Waals surface area contributed by atoms with E-state index in [0.29, 0.717) is 11.3 Å². The molecule has 0 spiro atoms. The molecule has 0 fully saturated rings. The van der Waals surface area contributed by atoms with Crippen molar-refractivity contribution < 1.29 is 14.3 Å². The zero-order valence-electron chi connectivity index (χ0n) is 12.0. The number of rotatable bonds is 4. The van der Waals surface area contributed by atoms with Crippen molar-refractivity contribution in [1.29, 1.82) is 0 Å². The van der Waals surface area contributed by atoms with Crippen LogP contribution in [0.15, 0.2) is 30.5 Å². The van der Waals surface area contributed by atoms with Crippen molar-refractivity contribution in [2.75, 3.05) is 7.11 Å². The fourth-order valence-corrected chi connectivity index (χ4v) is 2.39. The minimum atomic E-state index is -0.472. The van der Waals surface area contributed by atoms with Crippen molar-refractivity contribution in [1.82, 2.24) is 9.97 Å². The highest BCUT2D eigenvalue weighted by molar-refractivity contribution is 14.1. The number of ether oxygens (including phenoxy) is 2. The Bertz CT molecular complexity index is 659. The number of hydrogen-bond acceptors (Lipinski definition) is 5. The SMILES string of the molecule is COC(=O)c1cnc(OC(C)C)nc1-c1ccccc1I. The van der Waals surface area contributed by atoms with Crippen LogP contribution in [0.4, 0.5) is 0 Å². The van der Waals surface area contributed by atoms with Crippen molar-refractivity contribution in [3.63, 3.8) is 0 Å². The number of esters is 1. The van der Waals surface area contributed by atoms with E-state index in [1.807, 2.05) is 38.1 Å². The van der Waals surface area contributed by atoms with Gasteiger partial charge in [-0.15, -0.1) is 0 Å². The highest BCUT2D eigenvalue weighted by atomic mass is 127. The van der Waals surface area contributed by atoms with Crippen LogP contribution in [-0.4, -0.2) is 29.2 Å². The second-order valence-electron chi connectivity index (χ2n) is 4.55. The molecule has 0 bridgehead atoms. The van der Waals surface area contributed by atoms with Crippen LogP contribution in [-0.2, 0) is 4.74 Å². The van der Waals surface area contributed by atoms with Crippen LogP contribution in [0.5, 0.6) is 6.01 Å². The quantitative estimate of drug-likeness (QED) is 0.584. The molecule has 110 valence electrons. The third-order valence-electron chi connectivity index (χ3n) is 2.64. The van der Waals surface area contributed by atoms with Crippen LogP contribution in [0.25, 0.3) is 11.3 Å². The van der Waals surface area contributed by atoms with Gasteiger partial charge >= 0.3 is 12.0 Å². The van der Waals surface area contributed by atoms with Gasteiger partial charge in [0.15, 0.2) is 0 Å². The van der Waals surface area contributed by atoms with Crippen molar-refractivity contribution >= 4 is 28.6 Å². The lowest BCUT2D eigenvalue weighted by Gasteiger charge is -2.12. The Hall–Kier alpha value is -1.70. The molecule has 0 radical (unpaired) electrons. The monoisotopic (exact) mass is 398 g/mol. The molecule has 2 aromatic rings. The summed E-state index contributed by atoms with van der Waals surface area (Å²) in [5.41, 5.74) is 1.67. The van der Waals surface area contributed by atoms with Gasteiger partial charge in [-0.3, -0.25) is 0 Å². The standard InChI is InChI=1S/C15H15IN2O3/c1-9(2)21-15-17-8-11(14(19)20-3)13(18-15)10-6-4-5-7-12(10)16/h4-9H,1-3H3. The van der Waals surface area contributed by atoms with Gasteiger partial charge in [-0.05, 0) is 42.5 Å². The Kier molecular flexibility index (Phi) is 5.11. The van der Waals surface area contributed by atoms with E-state index in [-0.39, 0.29) is 12.1 Å². The Balaban J connectivity index is 2.58. The molecule has 0 aliphatic carbocycles. The smallest absolute Gasteiger partial charge is 0.341 e. The minimum Gasteiger partial charge on any atom is -0.465 e. The Labute approximate surface area is 136 Å². The van der Waals surface area contributed by atoms with E-state index in [2.05, 4.69) is 32.6 Å². The number of nitrogens with zero attached hydrogens (tertiary/aromatic N) is 2. The molecule has 1 aromatic heterocycles.